The van der Waals surface area contributed by atoms with Crippen LogP contribution in [0.2, 0.25) is 0 Å². The summed E-state index contributed by atoms with van der Waals surface area (Å²) in [6.07, 6.45) is 1.13. The standard InChI is InChI=1S/C15H24BrNO2/c1-3-9-18-10-11-19-15(12-17-4-2)13-5-7-14(16)8-6-13/h5-8,15,17H,3-4,9-12H2,1-2H3. The minimum atomic E-state index is 0.0817. The maximum atomic E-state index is 5.91. The van der Waals surface area contributed by atoms with Crippen LogP contribution in [0.25, 0.3) is 0 Å². The molecule has 1 aromatic rings. The summed E-state index contributed by atoms with van der Waals surface area (Å²) in [7, 11) is 0. The van der Waals surface area contributed by atoms with Crippen molar-refractivity contribution in [2.75, 3.05) is 32.9 Å². The predicted octanol–water partition coefficient (Wildman–Crippen LogP) is 3.54. The van der Waals surface area contributed by atoms with Crippen LogP contribution in [0.3, 0.4) is 0 Å². The van der Waals surface area contributed by atoms with E-state index in [2.05, 4.69) is 47.2 Å². The Bertz CT molecular complexity index is 329. The first kappa shape index (κ1) is 16.6. The van der Waals surface area contributed by atoms with E-state index in [9.17, 15) is 0 Å². The van der Waals surface area contributed by atoms with Gasteiger partial charge in [0.25, 0.3) is 0 Å². The van der Waals surface area contributed by atoms with Gasteiger partial charge in [-0.2, -0.15) is 0 Å². The Morgan fingerprint density at radius 3 is 2.47 bits per heavy atom. The second kappa shape index (κ2) is 10.4. The van der Waals surface area contributed by atoms with Crippen LogP contribution >= 0.6 is 15.9 Å². The highest BCUT2D eigenvalue weighted by Gasteiger charge is 2.11. The van der Waals surface area contributed by atoms with E-state index < -0.39 is 0 Å². The topological polar surface area (TPSA) is 30.5 Å². The average molecular weight is 330 g/mol. The number of nitrogens with one attached hydrogen (secondary N) is 1. The first-order valence-corrected chi connectivity index (χ1v) is 7.72. The third-order valence-electron chi connectivity index (χ3n) is 2.72. The molecule has 0 amide bonds. The van der Waals surface area contributed by atoms with Crippen molar-refractivity contribution in [1.82, 2.24) is 5.32 Å². The molecule has 0 heterocycles. The Balaban J connectivity index is 2.44. The molecule has 0 aliphatic rings. The Hall–Kier alpha value is -0.420. The van der Waals surface area contributed by atoms with Gasteiger partial charge in [0.05, 0.1) is 19.3 Å². The second-order valence-corrected chi connectivity index (χ2v) is 5.25. The van der Waals surface area contributed by atoms with E-state index in [-0.39, 0.29) is 6.10 Å². The van der Waals surface area contributed by atoms with Crippen molar-refractivity contribution < 1.29 is 9.47 Å². The molecule has 0 fully saturated rings. The fourth-order valence-electron chi connectivity index (χ4n) is 1.72. The van der Waals surface area contributed by atoms with E-state index in [0.717, 1.165) is 30.6 Å². The Kier molecular flexibility index (Phi) is 9.08. The molecule has 0 saturated heterocycles. The van der Waals surface area contributed by atoms with Gasteiger partial charge in [-0.1, -0.05) is 41.9 Å². The van der Waals surface area contributed by atoms with Gasteiger partial charge in [-0.25, -0.2) is 0 Å². The summed E-state index contributed by atoms with van der Waals surface area (Å²) in [4.78, 5) is 0. The van der Waals surface area contributed by atoms with Gasteiger partial charge in [0.2, 0.25) is 0 Å². The minimum Gasteiger partial charge on any atom is -0.379 e. The maximum Gasteiger partial charge on any atom is 0.0950 e. The van der Waals surface area contributed by atoms with E-state index in [1.807, 2.05) is 12.1 Å². The molecule has 19 heavy (non-hydrogen) atoms. The number of benzene rings is 1. The minimum absolute atomic E-state index is 0.0817. The SMILES string of the molecule is CCCOCCOC(CNCC)c1ccc(Br)cc1. The Morgan fingerprint density at radius 2 is 1.84 bits per heavy atom. The quantitative estimate of drug-likeness (QED) is 0.666. The first-order valence-electron chi connectivity index (χ1n) is 6.93. The number of hydrogen-bond donors (Lipinski definition) is 1. The number of hydrogen-bond acceptors (Lipinski definition) is 3. The van der Waals surface area contributed by atoms with Crippen molar-refractivity contribution in [1.29, 1.82) is 0 Å². The molecule has 0 radical (unpaired) electrons. The van der Waals surface area contributed by atoms with Crippen molar-refractivity contribution in [2.45, 2.75) is 26.4 Å². The normalized spacial score (nSPS) is 12.6. The van der Waals surface area contributed by atoms with Gasteiger partial charge in [-0.05, 0) is 30.7 Å². The number of likely N-dealkylation sites (N-methyl/N-ethyl adjacent to an activating group) is 1. The van der Waals surface area contributed by atoms with Gasteiger partial charge < -0.3 is 14.8 Å². The van der Waals surface area contributed by atoms with Crippen LogP contribution in [0.1, 0.15) is 31.9 Å². The van der Waals surface area contributed by atoms with Crippen molar-refractivity contribution in [3.05, 3.63) is 34.3 Å². The molecule has 0 saturated carbocycles. The lowest BCUT2D eigenvalue weighted by molar-refractivity contribution is 0.00445. The largest absolute Gasteiger partial charge is 0.379 e. The molecule has 0 aliphatic heterocycles. The smallest absolute Gasteiger partial charge is 0.0950 e. The van der Waals surface area contributed by atoms with E-state index in [0.29, 0.717) is 13.2 Å². The molecule has 0 aliphatic carbocycles. The lowest BCUT2D eigenvalue weighted by atomic mass is 10.1. The highest BCUT2D eigenvalue weighted by atomic mass is 79.9. The fraction of sp³-hybridized carbons (Fsp3) is 0.600. The van der Waals surface area contributed by atoms with Gasteiger partial charge in [0.1, 0.15) is 0 Å². The summed E-state index contributed by atoms with van der Waals surface area (Å²) >= 11 is 3.45. The van der Waals surface area contributed by atoms with E-state index >= 15 is 0 Å². The van der Waals surface area contributed by atoms with E-state index in [1.54, 1.807) is 0 Å². The van der Waals surface area contributed by atoms with Gasteiger partial charge >= 0.3 is 0 Å². The number of halogens is 1. The molecule has 1 rings (SSSR count). The van der Waals surface area contributed by atoms with Gasteiger partial charge in [0.15, 0.2) is 0 Å². The van der Waals surface area contributed by atoms with E-state index in [4.69, 9.17) is 9.47 Å². The van der Waals surface area contributed by atoms with Crippen LogP contribution < -0.4 is 5.32 Å². The summed E-state index contributed by atoms with van der Waals surface area (Å²) in [5.74, 6) is 0. The number of rotatable bonds is 10. The lowest BCUT2D eigenvalue weighted by Crippen LogP contribution is -2.24. The van der Waals surface area contributed by atoms with Crippen LogP contribution in [0, 0.1) is 0 Å². The zero-order chi connectivity index (χ0) is 13.9. The van der Waals surface area contributed by atoms with Crippen LogP contribution in [-0.2, 0) is 9.47 Å². The van der Waals surface area contributed by atoms with Crippen LogP contribution in [0.5, 0.6) is 0 Å². The summed E-state index contributed by atoms with van der Waals surface area (Å²) in [6, 6.07) is 8.29. The highest BCUT2D eigenvalue weighted by Crippen LogP contribution is 2.19. The molecule has 1 atom stereocenters. The Labute approximate surface area is 124 Å². The van der Waals surface area contributed by atoms with Gasteiger partial charge in [-0.3, -0.25) is 0 Å². The number of ether oxygens (including phenoxy) is 2. The van der Waals surface area contributed by atoms with Gasteiger partial charge in [-0.15, -0.1) is 0 Å². The molecular formula is C15H24BrNO2. The van der Waals surface area contributed by atoms with E-state index in [1.165, 1.54) is 5.56 Å². The molecule has 3 nitrogen and oxygen atoms in total. The average Bonchev–Trinajstić information content (AvgIpc) is 2.43. The summed E-state index contributed by atoms with van der Waals surface area (Å²) in [5, 5.41) is 3.34. The molecule has 0 aromatic heterocycles. The molecule has 4 heteroatoms. The van der Waals surface area contributed by atoms with Crippen molar-refractivity contribution in [3.8, 4) is 0 Å². The summed E-state index contributed by atoms with van der Waals surface area (Å²) in [6.45, 7) is 8.08. The second-order valence-electron chi connectivity index (χ2n) is 4.33. The Morgan fingerprint density at radius 1 is 1.11 bits per heavy atom. The highest BCUT2D eigenvalue weighted by molar-refractivity contribution is 9.10. The zero-order valence-electron chi connectivity index (χ0n) is 11.8. The van der Waals surface area contributed by atoms with Crippen LogP contribution in [-0.4, -0.2) is 32.9 Å². The van der Waals surface area contributed by atoms with Gasteiger partial charge in [0, 0.05) is 17.6 Å². The zero-order valence-corrected chi connectivity index (χ0v) is 13.4. The molecule has 0 spiro atoms. The van der Waals surface area contributed by atoms with Crippen molar-refractivity contribution in [3.63, 3.8) is 0 Å². The summed E-state index contributed by atoms with van der Waals surface area (Å²) in [5.41, 5.74) is 1.19. The maximum absolute atomic E-state index is 5.91. The lowest BCUT2D eigenvalue weighted by Gasteiger charge is -2.19. The van der Waals surface area contributed by atoms with Crippen molar-refractivity contribution >= 4 is 15.9 Å². The molecule has 1 N–H and O–H groups in total. The summed E-state index contributed by atoms with van der Waals surface area (Å²) < 4.78 is 12.4. The molecule has 108 valence electrons. The molecule has 0 bridgehead atoms. The third-order valence-corrected chi connectivity index (χ3v) is 3.25. The molecule has 1 unspecified atom stereocenters. The van der Waals surface area contributed by atoms with Crippen molar-refractivity contribution in [2.24, 2.45) is 0 Å². The monoisotopic (exact) mass is 329 g/mol. The predicted molar refractivity (Wildman–Crippen MR) is 82.5 cm³/mol. The van der Waals surface area contributed by atoms with Crippen LogP contribution in [0.4, 0.5) is 0 Å². The third kappa shape index (κ3) is 7.06. The molecular weight excluding hydrogens is 306 g/mol. The molecule has 1 aromatic carbocycles. The first-order chi connectivity index (χ1) is 9.27. The van der Waals surface area contributed by atoms with Crippen LogP contribution in [0.15, 0.2) is 28.7 Å². The fourth-order valence-corrected chi connectivity index (χ4v) is 1.99.